The second-order valence-corrected chi connectivity index (χ2v) is 9.43. The number of pyridine rings is 1. The minimum absolute atomic E-state index is 0.0595. The van der Waals surface area contributed by atoms with Crippen molar-refractivity contribution < 1.29 is 36.2 Å². The summed E-state index contributed by atoms with van der Waals surface area (Å²) in [4.78, 5) is 15.3. The van der Waals surface area contributed by atoms with E-state index in [1.54, 1.807) is 0 Å². The van der Waals surface area contributed by atoms with Crippen molar-refractivity contribution >= 4 is 21.4 Å². The van der Waals surface area contributed by atoms with Crippen molar-refractivity contribution in [3.05, 3.63) is 47.8 Å². The first-order valence-corrected chi connectivity index (χ1v) is 11.2. The van der Waals surface area contributed by atoms with Gasteiger partial charge in [0.05, 0.1) is 33.8 Å². The van der Waals surface area contributed by atoms with Crippen LogP contribution in [-0.4, -0.2) is 50.3 Å². The van der Waals surface area contributed by atoms with Crippen LogP contribution >= 0.6 is 0 Å². The summed E-state index contributed by atoms with van der Waals surface area (Å²) in [5.41, 5.74) is 4.31. The fraction of sp³-hybridized carbons (Fsp3) is 0.400. The van der Waals surface area contributed by atoms with Gasteiger partial charge in [-0.2, -0.15) is 13.2 Å². The highest BCUT2D eigenvalue weighted by atomic mass is 32.2. The van der Waals surface area contributed by atoms with Crippen LogP contribution in [0.3, 0.4) is 0 Å². The van der Waals surface area contributed by atoms with Gasteiger partial charge in [-0.05, 0) is 49.1 Å². The Bertz CT molecular complexity index is 1070. The third-order valence-corrected chi connectivity index (χ3v) is 6.50. The average molecular weight is 473 g/mol. The molecule has 1 aromatic carbocycles. The van der Waals surface area contributed by atoms with Gasteiger partial charge in [-0.3, -0.25) is 4.79 Å². The van der Waals surface area contributed by atoms with E-state index >= 15 is 0 Å². The van der Waals surface area contributed by atoms with Gasteiger partial charge in [-0.15, -0.1) is 0 Å². The number of nitrogens with zero attached hydrogens (tertiary/aromatic N) is 1. The molecule has 174 valence electrons. The number of halogens is 3. The lowest BCUT2D eigenvalue weighted by molar-refractivity contribution is -0.137. The third-order valence-electron chi connectivity index (χ3n) is 4.77. The molecule has 1 atom stereocenters. The molecular weight excluding hydrogens is 451 g/mol. The molecular formula is C20H22F3N3O5S. The predicted octanol–water partition coefficient (Wildman–Crippen LogP) is 2.03. The maximum Gasteiger partial charge on any atom is 0.416 e. The molecule has 1 aliphatic rings. The number of aliphatic hydroxyl groups excluding tert-OH is 1. The summed E-state index contributed by atoms with van der Waals surface area (Å²) >= 11 is 0. The van der Waals surface area contributed by atoms with Crippen LogP contribution in [0.15, 0.2) is 46.3 Å². The lowest BCUT2D eigenvalue weighted by atomic mass is 10.2. The van der Waals surface area contributed by atoms with Gasteiger partial charge in [-0.25, -0.2) is 13.4 Å². The van der Waals surface area contributed by atoms with E-state index in [0.717, 1.165) is 37.2 Å². The molecule has 1 aliphatic carbocycles. The predicted molar refractivity (Wildman–Crippen MR) is 107 cm³/mol. The summed E-state index contributed by atoms with van der Waals surface area (Å²) in [5.74, 6) is -0.180. The number of rotatable bonds is 9. The number of carbonyl (C=O) groups is 1. The number of alkyl halides is 3. The lowest BCUT2D eigenvalue weighted by Gasteiger charge is -2.13. The highest BCUT2D eigenvalue weighted by molar-refractivity contribution is 7.91. The second kappa shape index (κ2) is 9.43. The Morgan fingerprint density at radius 1 is 1.25 bits per heavy atom. The zero-order valence-corrected chi connectivity index (χ0v) is 17.6. The molecule has 0 spiro atoms. The van der Waals surface area contributed by atoms with Crippen LogP contribution in [0, 0.1) is 5.92 Å². The topological polar surface area (TPSA) is 132 Å². The zero-order chi connectivity index (χ0) is 23.5. The number of carbonyl (C=O) groups excluding carboxylic acids is 1. The van der Waals surface area contributed by atoms with Crippen molar-refractivity contribution in [2.45, 2.75) is 34.9 Å². The monoisotopic (exact) mass is 473 g/mol. The molecule has 1 unspecified atom stereocenters. The SMILES string of the molecule is Nc1cc(S(=O)(=O)c2ccc(C(F)(F)F)cc2)cnc1C(=O)NCC(O)COCC1CC1. The maximum atomic E-state index is 12.7. The van der Waals surface area contributed by atoms with Gasteiger partial charge in [0, 0.05) is 19.3 Å². The molecule has 1 aromatic heterocycles. The number of anilines is 1. The number of aromatic nitrogens is 1. The first-order chi connectivity index (χ1) is 15.0. The average Bonchev–Trinajstić information content (AvgIpc) is 3.56. The Labute approximate surface area is 182 Å². The molecule has 32 heavy (non-hydrogen) atoms. The number of nitrogen functional groups attached to an aromatic ring is 1. The number of hydrogen-bond acceptors (Lipinski definition) is 7. The van der Waals surface area contributed by atoms with E-state index in [-0.39, 0.29) is 34.3 Å². The van der Waals surface area contributed by atoms with E-state index in [4.69, 9.17) is 10.5 Å². The summed E-state index contributed by atoms with van der Waals surface area (Å²) < 4.78 is 68.7. The fourth-order valence-electron chi connectivity index (χ4n) is 2.77. The minimum Gasteiger partial charge on any atom is -0.397 e. The van der Waals surface area contributed by atoms with Gasteiger partial charge in [0.25, 0.3) is 5.91 Å². The molecule has 1 fully saturated rings. The van der Waals surface area contributed by atoms with Crippen molar-refractivity contribution in [3.63, 3.8) is 0 Å². The van der Waals surface area contributed by atoms with Gasteiger partial charge in [0.1, 0.15) is 0 Å². The molecule has 1 heterocycles. The highest BCUT2D eigenvalue weighted by Crippen LogP contribution is 2.31. The van der Waals surface area contributed by atoms with E-state index in [1.165, 1.54) is 0 Å². The number of benzene rings is 1. The molecule has 0 saturated heterocycles. The molecule has 0 bridgehead atoms. The maximum absolute atomic E-state index is 12.7. The van der Waals surface area contributed by atoms with Gasteiger partial charge in [0.15, 0.2) is 5.69 Å². The number of aliphatic hydroxyl groups is 1. The van der Waals surface area contributed by atoms with Crippen molar-refractivity contribution in [3.8, 4) is 0 Å². The molecule has 3 rings (SSSR count). The number of sulfone groups is 1. The quantitative estimate of drug-likeness (QED) is 0.508. The Morgan fingerprint density at radius 2 is 1.91 bits per heavy atom. The first-order valence-electron chi connectivity index (χ1n) is 9.70. The van der Waals surface area contributed by atoms with Gasteiger partial charge in [-0.1, -0.05) is 0 Å². The summed E-state index contributed by atoms with van der Waals surface area (Å²) in [5, 5.41) is 12.3. The Kier molecular flexibility index (Phi) is 7.06. The standard InChI is InChI=1S/C20H22F3N3O5S/c21-20(22,23)13-3-5-15(6-4-13)32(29,30)16-7-17(24)18(25-9-16)19(28)26-8-14(27)11-31-10-12-1-2-12/h3-7,9,12,14,27H,1-2,8,10-11,24H2,(H,26,28). The van der Waals surface area contributed by atoms with Crippen molar-refractivity contribution in [1.29, 1.82) is 0 Å². The minimum atomic E-state index is -4.60. The molecule has 1 amide bonds. The summed E-state index contributed by atoms with van der Waals surface area (Å²) in [6, 6.07) is 3.99. The van der Waals surface area contributed by atoms with Crippen LogP contribution in [0.5, 0.6) is 0 Å². The molecule has 0 radical (unpaired) electrons. The van der Waals surface area contributed by atoms with E-state index in [9.17, 15) is 31.5 Å². The van der Waals surface area contributed by atoms with Crippen molar-refractivity contribution in [2.24, 2.45) is 5.92 Å². The van der Waals surface area contributed by atoms with Crippen LogP contribution in [0.1, 0.15) is 28.9 Å². The summed E-state index contributed by atoms with van der Waals surface area (Å²) in [6.45, 7) is 0.509. The van der Waals surface area contributed by atoms with Crippen molar-refractivity contribution in [1.82, 2.24) is 10.3 Å². The van der Waals surface area contributed by atoms with E-state index in [2.05, 4.69) is 10.3 Å². The van der Waals surface area contributed by atoms with Crippen LogP contribution in [0.25, 0.3) is 0 Å². The number of nitrogens with two attached hydrogens (primary N) is 1. The lowest BCUT2D eigenvalue weighted by Crippen LogP contribution is -2.35. The molecule has 8 nitrogen and oxygen atoms in total. The molecule has 4 N–H and O–H groups in total. The first kappa shape index (κ1) is 24.0. The molecule has 0 aliphatic heterocycles. The number of hydrogen-bond donors (Lipinski definition) is 3. The van der Waals surface area contributed by atoms with Crippen LogP contribution in [0.2, 0.25) is 0 Å². The van der Waals surface area contributed by atoms with Crippen LogP contribution in [-0.2, 0) is 20.8 Å². The van der Waals surface area contributed by atoms with Gasteiger partial charge < -0.3 is 20.9 Å². The van der Waals surface area contributed by atoms with Gasteiger partial charge >= 0.3 is 6.18 Å². The van der Waals surface area contributed by atoms with E-state index in [1.807, 2.05) is 0 Å². The highest BCUT2D eigenvalue weighted by Gasteiger charge is 2.31. The normalized spacial score (nSPS) is 15.4. The number of nitrogens with one attached hydrogen (secondary N) is 1. The number of amides is 1. The summed E-state index contributed by atoms with van der Waals surface area (Å²) in [7, 11) is -4.20. The van der Waals surface area contributed by atoms with Crippen LogP contribution < -0.4 is 11.1 Å². The third kappa shape index (κ3) is 5.96. The second-order valence-electron chi connectivity index (χ2n) is 7.48. The smallest absolute Gasteiger partial charge is 0.397 e. The Balaban J connectivity index is 1.64. The van der Waals surface area contributed by atoms with Crippen molar-refractivity contribution in [2.75, 3.05) is 25.5 Å². The summed E-state index contributed by atoms with van der Waals surface area (Å²) in [6.07, 6.45) is -2.41. The molecule has 1 saturated carbocycles. The largest absolute Gasteiger partial charge is 0.416 e. The Hall–Kier alpha value is -2.70. The van der Waals surface area contributed by atoms with Gasteiger partial charge in [0.2, 0.25) is 9.84 Å². The number of ether oxygens (including phenoxy) is 1. The van der Waals surface area contributed by atoms with E-state index < -0.39 is 33.6 Å². The van der Waals surface area contributed by atoms with E-state index in [0.29, 0.717) is 24.7 Å². The zero-order valence-electron chi connectivity index (χ0n) is 16.8. The molecule has 2 aromatic rings. The fourth-order valence-corrected chi connectivity index (χ4v) is 4.01. The molecule has 12 heteroatoms. The Morgan fingerprint density at radius 3 is 2.47 bits per heavy atom. The van der Waals surface area contributed by atoms with Crippen LogP contribution in [0.4, 0.5) is 18.9 Å².